The van der Waals surface area contributed by atoms with Gasteiger partial charge in [-0.05, 0) is 31.2 Å². The van der Waals surface area contributed by atoms with E-state index < -0.39 is 5.63 Å². The molecule has 0 radical (unpaired) electrons. The Kier molecular flexibility index (Phi) is 4.77. The van der Waals surface area contributed by atoms with Gasteiger partial charge >= 0.3 is 5.63 Å². The summed E-state index contributed by atoms with van der Waals surface area (Å²) in [6, 6.07) is 16.6. The van der Waals surface area contributed by atoms with E-state index in [1.807, 2.05) is 36.4 Å². The Morgan fingerprint density at radius 3 is 2.75 bits per heavy atom. The largest absolute Gasteiger partial charge is 0.485 e. The summed E-state index contributed by atoms with van der Waals surface area (Å²) < 4.78 is 11.4. The Labute approximate surface area is 162 Å². The predicted octanol–water partition coefficient (Wildman–Crippen LogP) is 3.15. The van der Waals surface area contributed by atoms with Crippen LogP contribution in [-0.4, -0.2) is 43.6 Å². The monoisotopic (exact) mass is 378 g/mol. The van der Waals surface area contributed by atoms with Crippen LogP contribution in [0.1, 0.15) is 17.3 Å². The summed E-state index contributed by atoms with van der Waals surface area (Å²) >= 11 is 0. The van der Waals surface area contributed by atoms with E-state index in [0.717, 1.165) is 23.4 Å². The first-order chi connectivity index (χ1) is 13.6. The van der Waals surface area contributed by atoms with Crippen molar-refractivity contribution >= 4 is 22.6 Å². The van der Waals surface area contributed by atoms with E-state index in [4.69, 9.17) is 9.15 Å². The summed E-state index contributed by atoms with van der Waals surface area (Å²) in [5.74, 6) is 0.441. The quantitative estimate of drug-likeness (QED) is 0.653. The molecule has 1 amide bonds. The number of carbonyl (C=O) groups excluding carboxylic acids is 1. The van der Waals surface area contributed by atoms with Crippen LogP contribution >= 0.6 is 0 Å². The van der Waals surface area contributed by atoms with Gasteiger partial charge in [0.2, 0.25) is 0 Å². The highest BCUT2D eigenvalue weighted by Gasteiger charge is 2.28. The van der Waals surface area contributed by atoms with E-state index in [1.54, 1.807) is 25.2 Å². The van der Waals surface area contributed by atoms with E-state index in [-0.39, 0.29) is 17.6 Å². The third-order valence-electron chi connectivity index (χ3n) is 5.00. The first kappa shape index (κ1) is 18.1. The van der Waals surface area contributed by atoms with Gasteiger partial charge in [-0.15, -0.1) is 0 Å². The van der Waals surface area contributed by atoms with Crippen LogP contribution in [0.15, 0.2) is 63.8 Å². The van der Waals surface area contributed by atoms with Crippen LogP contribution in [0.3, 0.4) is 0 Å². The van der Waals surface area contributed by atoms with Gasteiger partial charge in [-0.2, -0.15) is 0 Å². The third kappa shape index (κ3) is 3.33. The number of hydrogen-bond donors (Lipinski definition) is 0. The molecule has 0 saturated heterocycles. The van der Waals surface area contributed by atoms with Gasteiger partial charge in [0, 0.05) is 19.0 Å². The Morgan fingerprint density at radius 2 is 1.93 bits per heavy atom. The Hall–Kier alpha value is -3.28. The van der Waals surface area contributed by atoms with Crippen molar-refractivity contribution in [1.82, 2.24) is 4.90 Å². The Bertz CT molecular complexity index is 1080. The molecule has 1 aromatic heterocycles. The molecule has 3 aromatic rings. The van der Waals surface area contributed by atoms with E-state index in [0.29, 0.717) is 18.7 Å². The minimum absolute atomic E-state index is 0.0322. The lowest BCUT2D eigenvalue weighted by Gasteiger charge is -2.37. The van der Waals surface area contributed by atoms with Gasteiger partial charge < -0.3 is 19.0 Å². The van der Waals surface area contributed by atoms with Crippen LogP contribution in [0.5, 0.6) is 5.75 Å². The Morgan fingerprint density at radius 1 is 1.18 bits per heavy atom. The van der Waals surface area contributed by atoms with Crippen LogP contribution in [0.25, 0.3) is 11.0 Å². The van der Waals surface area contributed by atoms with E-state index in [2.05, 4.69) is 11.8 Å². The fourth-order valence-corrected chi connectivity index (χ4v) is 3.58. The zero-order chi connectivity index (χ0) is 19.7. The number of amides is 1. The second-order valence-electron chi connectivity index (χ2n) is 6.92. The molecule has 6 nitrogen and oxygen atoms in total. The summed E-state index contributed by atoms with van der Waals surface area (Å²) in [4.78, 5) is 28.9. The highest BCUT2D eigenvalue weighted by molar-refractivity contribution is 5.96. The molecule has 6 heteroatoms. The van der Waals surface area contributed by atoms with Crippen molar-refractivity contribution in [2.24, 2.45) is 0 Å². The molecule has 0 saturated carbocycles. The van der Waals surface area contributed by atoms with E-state index in [1.165, 1.54) is 4.90 Å². The zero-order valence-corrected chi connectivity index (χ0v) is 15.9. The Balaban J connectivity index is 1.54. The van der Waals surface area contributed by atoms with Gasteiger partial charge in [-0.25, -0.2) is 4.79 Å². The molecular weight excluding hydrogens is 356 g/mol. The highest BCUT2D eigenvalue weighted by atomic mass is 16.5. The van der Waals surface area contributed by atoms with Crippen molar-refractivity contribution in [3.63, 3.8) is 0 Å². The molecule has 1 aliphatic heterocycles. The van der Waals surface area contributed by atoms with Crippen molar-refractivity contribution in [2.45, 2.75) is 13.0 Å². The summed E-state index contributed by atoms with van der Waals surface area (Å²) in [5.41, 5.74) is 0.938. The lowest BCUT2D eigenvalue weighted by atomic mass is 10.1. The normalized spacial score (nSPS) is 15.8. The summed E-state index contributed by atoms with van der Waals surface area (Å²) in [6.45, 7) is 3.99. The van der Waals surface area contributed by atoms with Gasteiger partial charge in [0.25, 0.3) is 5.91 Å². The summed E-state index contributed by atoms with van der Waals surface area (Å²) in [6.07, 6.45) is -0.184. The smallest absolute Gasteiger partial charge is 0.349 e. The molecule has 144 valence electrons. The SMILES string of the molecule is CCN1C[C@H](CN(C)C(=O)c2cc3ccccc3oc2=O)Oc2ccccc21. The minimum atomic E-state index is -0.624. The van der Waals surface area contributed by atoms with Gasteiger partial charge in [-0.1, -0.05) is 30.3 Å². The molecule has 28 heavy (non-hydrogen) atoms. The fraction of sp³-hybridized carbons (Fsp3) is 0.273. The van der Waals surface area contributed by atoms with E-state index in [9.17, 15) is 9.59 Å². The molecule has 1 atom stereocenters. The topological polar surface area (TPSA) is 63.0 Å². The highest BCUT2D eigenvalue weighted by Crippen LogP contribution is 2.32. The number of rotatable bonds is 4. The standard InChI is InChI=1S/C22H22N2O4/c1-3-24-14-16(27-20-11-7-5-9-18(20)24)13-23(2)21(25)17-12-15-8-4-6-10-19(15)28-22(17)26/h4-12,16H,3,13-14H2,1-2H3/t16-/m0/s1. The zero-order valence-electron chi connectivity index (χ0n) is 15.9. The van der Waals surface area contributed by atoms with Gasteiger partial charge in [0.05, 0.1) is 18.8 Å². The second kappa shape index (κ2) is 7.38. The lowest BCUT2D eigenvalue weighted by Crippen LogP contribution is -2.47. The fourth-order valence-electron chi connectivity index (χ4n) is 3.58. The lowest BCUT2D eigenvalue weighted by molar-refractivity contribution is 0.0705. The van der Waals surface area contributed by atoms with Crippen molar-refractivity contribution < 1.29 is 13.9 Å². The van der Waals surface area contributed by atoms with Gasteiger partial charge in [0.15, 0.2) is 0 Å². The maximum Gasteiger partial charge on any atom is 0.349 e. The van der Waals surface area contributed by atoms with Gasteiger partial charge in [0.1, 0.15) is 23.0 Å². The van der Waals surface area contributed by atoms with Crippen LogP contribution in [0.2, 0.25) is 0 Å². The second-order valence-corrected chi connectivity index (χ2v) is 6.92. The molecule has 4 rings (SSSR count). The van der Waals surface area contributed by atoms with Crippen molar-refractivity contribution in [3.05, 3.63) is 70.6 Å². The number of benzene rings is 2. The average Bonchev–Trinajstić information content (AvgIpc) is 2.72. The molecule has 0 fully saturated rings. The number of nitrogens with zero attached hydrogens (tertiary/aromatic N) is 2. The number of anilines is 1. The molecule has 0 N–H and O–H groups in total. The average molecular weight is 378 g/mol. The number of carbonyl (C=O) groups is 1. The van der Waals surface area contributed by atoms with Crippen LogP contribution in [0, 0.1) is 0 Å². The van der Waals surface area contributed by atoms with Crippen molar-refractivity contribution in [1.29, 1.82) is 0 Å². The van der Waals surface area contributed by atoms with Gasteiger partial charge in [-0.3, -0.25) is 4.79 Å². The van der Waals surface area contributed by atoms with Crippen LogP contribution in [0.4, 0.5) is 5.69 Å². The molecule has 0 aliphatic carbocycles. The number of fused-ring (bicyclic) bond motifs is 2. The summed E-state index contributed by atoms with van der Waals surface area (Å²) in [7, 11) is 1.68. The number of ether oxygens (including phenoxy) is 1. The number of hydrogen-bond acceptors (Lipinski definition) is 5. The summed E-state index contributed by atoms with van der Waals surface area (Å²) in [5, 5.41) is 0.721. The van der Waals surface area contributed by atoms with Crippen molar-refractivity contribution in [2.75, 3.05) is 31.6 Å². The van der Waals surface area contributed by atoms with E-state index >= 15 is 0 Å². The molecule has 0 spiro atoms. The molecule has 0 bridgehead atoms. The van der Waals surface area contributed by atoms with Crippen molar-refractivity contribution in [3.8, 4) is 5.75 Å². The number of likely N-dealkylation sites (N-methyl/N-ethyl adjacent to an activating group) is 2. The molecule has 1 aliphatic rings. The maximum absolute atomic E-state index is 12.9. The molecule has 2 heterocycles. The molecular formula is C22H22N2O4. The molecule has 0 unspecified atom stereocenters. The number of para-hydroxylation sites is 3. The maximum atomic E-state index is 12.9. The van der Waals surface area contributed by atoms with Crippen LogP contribution < -0.4 is 15.3 Å². The first-order valence-corrected chi connectivity index (χ1v) is 9.36. The minimum Gasteiger partial charge on any atom is -0.485 e. The predicted molar refractivity (Wildman–Crippen MR) is 108 cm³/mol. The third-order valence-corrected chi connectivity index (χ3v) is 5.00. The van der Waals surface area contributed by atoms with Crippen LogP contribution in [-0.2, 0) is 0 Å². The first-order valence-electron chi connectivity index (χ1n) is 9.36. The molecule has 2 aromatic carbocycles.